The van der Waals surface area contributed by atoms with Crippen molar-refractivity contribution in [1.29, 1.82) is 0 Å². The lowest BCUT2D eigenvalue weighted by atomic mass is 10.0. The number of halogens is 3. The van der Waals surface area contributed by atoms with Gasteiger partial charge in [-0.25, -0.2) is 0 Å². The summed E-state index contributed by atoms with van der Waals surface area (Å²) in [5, 5.41) is 0. The van der Waals surface area contributed by atoms with Gasteiger partial charge in [-0.1, -0.05) is 0 Å². The van der Waals surface area contributed by atoms with Gasteiger partial charge in [-0.15, -0.1) is 0 Å². The number of carbonyl (C=O) groups is 1. The van der Waals surface area contributed by atoms with E-state index in [1.807, 2.05) is 0 Å². The molecule has 1 saturated heterocycles. The summed E-state index contributed by atoms with van der Waals surface area (Å²) in [6.07, 6.45) is -4.43. The largest absolute Gasteiger partial charge is 0.419 e. The number of alkyl halides is 3. The molecule has 0 aromatic rings. The molecule has 0 N–H and O–H groups in total. The topological polar surface area (TPSA) is 35.5 Å². The van der Waals surface area contributed by atoms with Gasteiger partial charge in [0.2, 0.25) is 0 Å². The molecular formula is C7H9F3O3. The zero-order valence-electron chi connectivity index (χ0n) is 6.76. The van der Waals surface area contributed by atoms with Crippen molar-refractivity contribution in [3.8, 4) is 0 Å². The van der Waals surface area contributed by atoms with Gasteiger partial charge in [0, 0.05) is 13.0 Å². The van der Waals surface area contributed by atoms with Gasteiger partial charge in [0.15, 0.2) is 5.60 Å². The van der Waals surface area contributed by atoms with Crippen molar-refractivity contribution in [1.82, 2.24) is 0 Å². The summed E-state index contributed by atoms with van der Waals surface area (Å²) in [6.45, 7) is -1.06. The fourth-order valence-electron chi connectivity index (χ4n) is 1.16. The van der Waals surface area contributed by atoms with Crippen LogP contribution in [0.2, 0.25) is 0 Å². The zero-order chi connectivity index (χ0) is 9.95. The molecule has 6 heteroatoms. The van der Waals surface area contributed by atoms with Gasteiger partial charge in [-0.3, -0.25) is 0 Å². The molecule has 1 aliphatic rings. The van der Waals surface area contributed by atoms with Crippen LogP contribution < -0.4 is 0 Å². The van der Waals surface area contributed by atoms with E-state index in [-0.39, 0.29) is 13.0 Å². The molecule has 0 saturated carbocycles. The third-order valence-corrected chi connectivity index (χ3v) is 1.93. The van der Waals surface area contributed by atoms with Crippen LogP contribution in [-0.2, 0) is 14.3 Å². The van der Waals surface area contributed by atoms with Gasteiger partial charge >= 0.3 is 6.18 Å². The molecule has 1 unspecified atom stereocenters. The predicted octanol–water partition coefficient (Wildman–Crippen LogP) is 0.923. The first-order valence-electron chi connectivity index (χ1n) is 3.74. The lowest BCUT2D eigenvalue weighted by molar-refractivity contribution is -0.272. The highest BCUT2D eigenvalue weighted by Crippen LogP contribution is 2.39. The van der Waals surface area contributed by atoms with Gasteiger partial charge in [0.25, 0.3) is 0 Å². The molecule has 1 atom stereocenters. The minimum absolute atomic E-state index is 0.0123. The normalized spacial score (nSPS) is 29.2. The first-order valence-corrected chi connectivity index (χ1v) is 3.74. The van der Waals surface area contributed by atoms with E-state index in [1.165, 1.54) is 0 Å². The van der Waals surface area contributed by atoms with E-state index in [2.05, 4.69) is 9.47 Å². The summed E-state index contributed by atoms with van der Waals surface area (Å²) in [6, 6.07) is 0. The smallest absolute Gasteiger partial charge is 0.378 e. The lowest BCUT2D eigenvalue weighted by Crippen LogP contribution is -2.48. The quantitative estimate of drug-likeness (QED) is 0.632. The van der Waals surface area contributed by atoms with Crippen molar-refractivity contribution in [2.24, 2.45) is 0 Å². The number of hydrogen-bond acceptors (Lipinski definition) is 3. The standard InChI is InChI=1S/C7H9F3O3/c8-7(9,10)6(13-4-2-11)1-3-12-5-6/h2H,1,3-5H2. The summed E-state index contributed by atoms with van der Waals surface area (Å²) in [7, 11) is 0. The molecular weight excluding hydrogens is 189 g/mol. The number of carbonyl (C=O) groups excluding carboxylic acids is 1. The van der Waals surface area contributed by atoms with Crippen LogP contribution in [0.5, 0.6) is 0 Å². The van der Waals surface area contributed by atoms with Crippen molar-refractivity contribution in [3.05, 3.63) is 0 Å². The summed E-state index contributed by atoms with van der Waals surface area (Å²) in [5.41, 5.74) is -2.27. The molecule has 3 nitrogen and oxygen atoms in total. The highest BCUT2D eigenvalue weighted by molar-refractivity contribution is 5.50. The zero-order valence-corrected chi connectivity index (χ0v) is 6.76. The van der Waals surface area contributed by atoms with Crippen molar-refractivity contribution in [2.45, 2.75) is 18.2 Å². The Balaban J connectivity index is 2.69. The molecule has 13 heavy (non-hydrogen) atoms. The van der Waals surface area contributed by atoms with Gasteiger partial charge in [0.05, 0.1) is 6.61 Å². The molecule has 1 aliphatic heterocycles. The fraction of sp³-hybridized carbons (Fsp3) is 0.857. The molecule has 0 aromatic carbocycles. The van der Waals surface area contributed by atoms with E-state index in [4.69, 9.17) is 0 Å². The van der Waals surface area contributed by atoms with Gasteiger partial charge in [-0.05, 0) is 0 Å². The van der Waals surface area contributed by atoms with Gasteiger partial charge < -0.3 is 14.3 Å². The maximum Gasteiger partial charge on any atom is 0.419 e. The Bertz CT molecular complexity index is 184. The second-order valence-electron chi connectivity index (χ2n) is 2.77. The molecule has 0 amide bonds. The van der Waals surface area contributed by atoms with E-state index >= 15 is 0 Å². The van der Waals surface area contributed by atoms with Crippen LogP contribution in [-0.4, -0.2) is 37.9 Å². The third kappa shape index (κ3) is 2.00. The van der Waals surface area contributed by atoms with Crippen LogP contribution in [0, 0.1) is 0 Å². The first-order chi connectivity index (χ1) is 6.02. The Labute approximate surface area is 72.8 Å². The van der Waals surface area contributed by atoms with E-state index in [9.17, 15) is 18.0 Å². The Morgan fingerprint density at radius 2 is 2.23 bits per heavy atom. The lowest BCUT2D eigenvalue weighted by Gasteiger charge is -2.29. The second kappa shape index (κ2) is 3.63. The molecule has 0 bridgehead atoms. The Hall–Kier alpha value is -0.620. The van der Waals surface area contributed by atoms with Gasteiger partial charge in [0.1, 0.15) is 12.9 Å². The summed E-state index contributed by atoms with van der Waals surface area (Å²) in [4.78, 5) is 9.90. The van der Waals surface area contributed by atoms with E-state index < -0.39 is 25.0 Å². The maximum atomic E-state index is 12.4. The average Bonchev–Trinajstić information content (AvgIpc) is 2.48. The van der Waals surface area contributed by atoms with Gasteiger partial charge in [-0.2, -0.15) is 13.2 Å². The SMILES string of the molecule is O=CCOC1(C(F)(F)F)CCOC1. The summed E-state index contributed by atoms with van der Waals surface area (Å²) in [5.74, 6) is 0. The van der Waals surface area contributed by atoms with E-state index in [0.29, 0.717) is 6.29 Å². The Kier molecular flexibility index (Phi) is 2.92. The second-order valence-corrected chi connectivity index (χ2v) is 2.77. The Morgan fingerprint density at radius 1 is 1.54 bits per heavy atom. The summed E-state index contributed by atoms with van der Waals surface area (Å²) < 4.78 is 46.4. The molecule has 1 heterocycles. The average molecular weight is 198 g/mol. The van der Waals surface area contributed by atoms with Crippen molar-refractivity contribution >= 4 is 6.29 Å². The van der Waals surface area contributed by atoms with Crippen molar-refractivity contribution in [3.63, 3.8) is 0 Å². The van der Waals surface area contributed by atoms with Crippen molar-refractivity contribution < 1.29 is 27.4 Å². The van der Waals surface area contributed by atoms with Crippen molar-refractivity contribution in [2.75, 3.05) is 19.8 Å². The Morgan fingerprint density at radius 3 is 2.62 bits per heavy atom. The first kappa shape index (κ1) is 10.5. The van der Waals surface area contributed by atoms with E-state index in [1.54, 1.807) is 0 Å². The van der Waals surface area contributed by atoms with Crippen LogP contribution in [0.3, 0.4) is 0 Å². The van der Waals surface area contributed by atoms with Crippen LogP contribution in [0.1, 0.15) is 6.42 Å². The third-order valence-electron chi connectivity index (χ3n) is 1.93. The molecule has 0 aliphatic carbocycles. The minimum Gasteiger partial charge on any atom is -0.378 e. The maximum absolute atomic E-state index is 12.4. The molecule has 1 rings (SSSR count). The van der Waals surface area contributed by atoms with Crippen LogP contribution in [0.15, 0.2) is 0 Å². The number of rotatable bonds is 3. The van der Waals surface area contributed by atoms with Crippen LogP contribution in [0.25, 0.3) is 0 Å². The van der Waals surface area contributed by atoms with Crippen LogP contribution >= 0.6 is 0 Å². The summed E-state index contributed by atoms with van der Waals surface area (Å²) >= 11 is 0. The molecule has 0 spiro atoms. The number of ether oxygens (including phenoxy) is 2. The van der Waals surface area contributed by atoms with E-state index in [0.717, 1.165) is 0 Å². The fourth-order valence-corrected chi connectivity index (χ4v) is 1.16. The number of aldehydes is 1. The minimum atomic E-state index is -4.48. The predicted molar refractivity (Wildman–Crippen MR) is 36.2 cm³/mol. The molecule has 1 fully saturated rings. The monoisotopic (exact) mass is 198 g/mol. The van der Waals surface area contributed by atoms with Crippen LogP contribution in [0.4, 0.5) is 13.2 Å². The number of hydrogen-bond donors (Lipinski definition) is 0. The molecule has 76 valence electrons. The molecule has 0 aromatic heterocycles. The highest BCUT2D eigenvalue weighted by atomic mass is 19.4. The molecule has 0 radical (unpaired) electrons. The highest BCUT2D eigenvalue weighted by Gasteiger charge is 2.58.